The summed E-state index contributed by atoms with van der Waals surface area (Å²) in [4.78, 5) is 5.37. The minimum absolute atomic E-state index is 0.0665. The van der Waals surface area contributed by atoms with Crippen molar-refractivity contribution in [2.75, 3.05) is 26.8 Å². The Morgan fingerprint density at radius 3 is 2.14 bits per heavy atom. The van der Waals surface area contributed by atoms with Gasteiger partial charge in [-0.05, 0) is 112 Å². The lowest BCUT2D eigenvalue weighted by atomic mass is 9.83. The first kappa shape index (κ1) is 23.7. The number of hydrogen-bond acceptors (Lipinski definition) is 4. The summed E-state index contributed by atoms with van der Waals surface area (Å²) in [6.45, 7) is 6.00. The molecule has 2 aliphatic carbocycles. The zero-order chi connectivity index (χ0) is 24.4. The van der Waals surface area contributed by atoms with Gasteiger partial charge in [0.25, 0.3) is 0 Å². The maximum Gasteiger partial charge on any atom is 0.0587 e. The molecule has 0 radical (unpaired) electrons. The third-order valence-electron chi connectivity index (χ3n) is 10.7. The molecule has 5 unspecified atom stereocenters. The number of aliphatic hydroxyl groups is 2. The van der Waals surface area contributed by atoms with Crippen LogP contribution in [-0.2, 0) is 23.9 Å². The Balaban J connectivity index is 1.37. The number of aryl methyl sites for hydroxylation is 2. The normalized spacial score (nSPS) is 34.4. The molecular formula is C31H42N2O2. The Hall–Kier alpha value is -1.72. The molecule has 2 aliphatic heterocycles. The predicted molar refractivity (Wildman–Crippen MR) is 141 cm³/mol. The molecule has 188 valence electrons. The van der Waals surface area contributed by atoms with Crippen LogP contribution in [0.4, 0.5) is 0 Å². The van der Waals surface area contributed by atoms with Crippen molar-refractivity contribution in [3.8, 4) is 0 Å². The van der Waals surface area contributed by atoms with Crippen LogP contribution < -0.4 is 0 Å². The molecule has 4 aliphatic rings. The second-order valence-corrected chi connectivity index (χ2v) is 11.9. The average Bonchev–Trinajstić information content (AvgIpc) is 3.59. The Labute approximate surface area is 211 Å². The SMILES string of the molecule is Cc1cccc2c1CCC21CC(CN2C(CO)CCC23CCc2c(C)cccc23)C(CCO)N1C. The highest BCUT2D eigenvalue weighted by molar-refractivity contribution is 5.46. The second kappa shape index (κ2) is 8.69. The lowest BCUT2D eigenvalue weighted by molar-refractivity contribution is 0.0414. The lowest BCUT2D eigenvalue weighted by Gasteiger charge is -2.41. The van der Waals surface area contributed by atoms with Gasteiger partial charge in [-0.2, -0.15) is 0 Å². The van der Waals surface area contributed by atoms with Crippen LogP contribution in [-0.4, -0.2) is 58.9 Å². The van der Waals surface area contributed by atoms with E-state index in [0.717, 1.165) is 45.1 Å². The zero-order valence-corrected chi connectivity index (χ0v) is 21.8. The van der Waals surface area contributed by atoms with Crippen molar-refractivity contribution in [2.24, 2.45) is 5.92 Å². The van der Waals surface area contributed by atoms with Crippen molar-refractivity contribution < 1.29 is 10.2 Å². The van der Waals surface area contributed by atoms with E-state index >= 15 is 0 Å². The Bertz CT molecular complexity index is 1120. The second-order valence-electron chi connectivity index (χ2n) is 11.9. The minimum Gasteiger partial charge on any atom is -0.396 e. The highest BCUT2D eigenvalue weighted by atomic mass is 16.3. The highest BCUT2D eigenvalue weighted by Crippen LogP contribution is 2.56. The van der Waals surface area contributed by atoms with Gasteiger partial charge in [-0.15, -0.1) is 0 Å². The Morgan fingerprint density at radius 2 is 1.51 bits per heavy atom. The monoisotopic (exact) mass is 474 g/mol. The molecule has 2 N–H and O–H groups in total. The summed E-state index contributed by atoms with van der Waals surface area (Å²) in [6.07, 6.45) is 8.85. The van der Waals surface area contributed by atoms with Gasteiger partial charge in [-0.1, -0.05) is 36.4 Å². The quantitative estimate of drug-likeness (QED) is 0.672. The molecule has 4 heteroatoms. The van der Waals surface area contributed by atoms with E-state index in [2.05, 4.69) is 67.1 Å². The van der Waals surface area contributed by atoms with Gasteiger partial charge >= 0.3 is 0 Å². The topological polar surface area (TPSA) is 46.9 Å². The molecule has 2 aromatic carbocycles. The van der Waals surface area contributed by atoms with Gasteiger partial charge in [0.05, 0.1) is 6.61 Å². The van der Waals surface area contributed by atoms with Crippen molar-refractivity contribution in [3.63, 3.8) is 0 Å². The number of aliphatic hydroxyl groups excluding tert-OH is 2. The molecule has 35 heavy (non-hydrogen) atoms. The van der Waals surface area contributed by atoms with Gasteiger partial charge in [0.15, 0.2) is 0 Å². The molecule has 2 saturated heterocycles. The maximum absolute atomic E-state index is 10.5. The van der Waals surface area contributed by atoms with E-state index in [0.29, 0.717) is 12.0 Å². The first-order chi connectivity index (χ1) is 16.9. The summed E-state index contributed by atoms with van der Waals surface area (Å²) < 4.78 is 0. The number of benzene rings is 2. The van der Waals surface area contributed by atoms with Crippen LogP contribution in [0.2, 0.25) is 0 Å². The van der Waals surface area contributed by atoms with E-state index in [9.17, 15) is 10.2 Å². The summed E-state index contributed by atoms with van der Waals surface area (Å²) in [5, 5.41) is 20.5. The molecule has 4 nitrogen and oxygen atoms in total. The molecule has 2 fully saturated rings. The fraction of sp³-hybridized carbons (Fsp3) is 0.613. The minimum atomic E-state index is 0.0665. The predicted octanol–water partition coefficient (Wildman–Crippen LogP) is 4.45. The molecule has 0 saturated carbocycles. The molecule has 2 heterocycles. The standard InChI is InChI=1S/C31H42N2O2/c1-21-6-4-8-27-25(21)11-15-30(27)14-10-24(20-35)33(30)19-23-18-31(32(3)29(23)13-17-34)16-12-26-22(2)7-5-9-28(26)31/h4-9,23-24,29,34-35H,10-20H2,1-3H3. The van der Waals surface area contributed by atoms with E-state index in [-0.39, 0.29) is 30.3 Å². The Morgan fingerprint density at radius 1 is 0.886 bits per heavy atom. The summed E-state index contributed by atoms with van der Waals surface area (Å²) in [5.41, 5.74) is 9.14. The molecule has 6 rings (SSSR count). The van der Waals surface area contributed by atoms with Gasteiger partial charge in [0.1, 0.15) is 0 Å². The van der Waals surface area contributed by atoms with E-state index < -0.39 is 0 Å². The first-order valence-electron chi connectivity index (χ1n) is 13.8. The van der Waals surface area contributed by atoms with Crippen molar-refractivity contribution in [2.45, 2.75) is 88.4 Å². The van der Waals surface area contributed by atoms with Crippen LogP contribution in [0.25, 0.3) is 0 Å². The maximum atomic E-state index is 10.5. The molecule has 0 aromatic heterocycles. The van der Waals surface area contributed by atoms with E-state index in [1.807, 2.05) is 0 Å². The fourth-order valence-electron chi connectivity index (χ4n) is 8.93. The highest BCUT2D eigenvalue weighted by Gasteiger charge is 2.56. The van der Waals surface area contributed by atoms with E-state index in [4.69, 9.17) is 0 Å². The van der Waals surface area contributed by atoms with Crippen molar-refractivity contribution >= 4 is 0 Å². The summed E-state index contributed by atoms with van der Waals surface area (Å²) in [7, 11) is 2.31. The third kappa shape index (κ3) is 3.33. The first-order valence-corrected chi connectivity index (χ1v) is 13.8. The fourth-order valence-corrected chi connectivity index (χ4v) is 8.93. The van der Waals surface area contributed by atoms with Gasteiger partial charge in [-0.3, -0.25) is 9.80 Å². The third-order valence-corrected chi connectivity index (χ3v) is 10.7. The van der Waals surface area contributed by atoms with Crippen LogP contribution in [0.15, 0.2) is 36.4 Å². The largest absolute Gasteiger partial charge is 0.396 e. The zero-order valence-electron chi connectivity index (χ0n) is 21.8. The van der Waals surface area contributed by atoms with Crippen LogP contribution in [0.1, 0.15) is 71.9 Å². The van der Waals surface area contributed by atoms with Gasteiger partial charge < -0.3 is 10.2 Å². The molecule has 0 amide bonds. The van der Waals surface area contributed by atoms with Crippen LogP contribution in [0, 0.1) is 19.8 Å². The molecule has 2 aromatic rings. The summed E-state index contributed by atoms with van der Waals surface area (Å²) in [5.74, 6) is 0.483. The average molecular weight is 475 g/mol. The van der Waals surface area contributed by atoms with Crippen molar-refractivity contribution in [3.05, 3.63) is 69.8 Å². The van der Waals surface area contributed by atoms with Crippen molar-refractivity contribution in [1.29, 1.82) is 0 Å². The number of nitrogens with zero attached hydrogens (tertiary/aromatic N) is 2. The molecule has 2 spiro atoms. The van der Waals surface area contributed by atoms with Crippen LogP contribution in [0.5, 0.6) is 0 Å². The van der Waals surface area contributed by atoms with E-state index in [1.165, 1.54) is 35.1 Å². The molecule has 5 atom stereocenters. The molecular weight excluding hydrogens is 432 g/mol. The lowest BCUT2D eigenvalue weighted by Crippen LogP contribution is -2.49. The van der Waals surface area contributed by atoms with Crippen LogP contribution >= 0.6 is 0 Å². The van der Waals surface area contributed by atoms with Crippen LogP contribution in [0.3, 0.4) is 0 Å². The van der Waals surface area contributed by atoms with Crippen molar-refractivity contribution in [1.82, 2.24) is 9.80 Å². The van der Waals surface area contributed by atoms with Gasteiger partial charge in [-0.25, -0.2) is 0 Å². The number of fused-ring (bicyclic) bond motifs is 4. The summed E-state index contributed by atoms with van der Waals surface area (Å²) >= 11 is 0. The smallest absolute Gasteiger partial charge is 0.0587 e. The number of hydrogen-bond donors (Lipinski definition) is 2. The van der Waals surface area contributed by atoms with Gasteiger partial charge in [0.2, 0.25) is 0 Å². The number of rotatable bonds is 5. The summed E-state index contributed by atoms with van der Waals surface area (Å²) in [6, 6.07) is 14.3. The van der Waals surface area contributed by atoms with Gasteiger partial charge in [0, 0.05) is 36.3 Å². The Kier molecular flexibility index (Phi) is 5.88. The van der Waals surface area contributed by atoms with E-state index in [1.54, 1.807) is 11.1 Å². The number of likely N-dealkylation sites (tertiary alicyclic amines) is 2. The molecule has 0 bridgehead atoms.